The van der Waals surface area contributed by atoms with Crippen LogP contribution in [0.5, 0.6) is 0 Å². The van der Waals surface area contributed by atoms with E-state index in [0.717, 1.165) is 18.7 Å². The zero-order valence-electron chi connectivity index (χ0n) is 12.5. The van der Waals surface area contributed by atoms with E-state index < -0.39 is 11.4 Å². The van der Waals surface area contributed by atoms with Crippen LogP contribution < -0.4 is 10.6 Å². The first-order valence-electron chi connectivity index (χ1n) is 7.40. The largest absolute Gasteiger partial charge is 0.321 e. The maximum absolute atomic E-state index is 13.9. The van der Waals surface area contributed by atoms with Crippen LogP contribution in [0, 0.1) is 12.7 Å². The fraction of sp³-hybridized carbons (Fsp3) is 0.375. The molecule has 2 N–H and O–H groups in total. The molecule has 1 aromatic carbocycles. The average molecular weight is 302 g/mol. The van der Waals surface area contributed by atoms with E-state index in [9.17, 15) is 9.18 Å². The molecule has 116 valence electrons. The highest BCUT2D eigenvalue weighted by Gasteiger charge is 2.42. The summed E-state index contributed by atoms with van der Waals surface area (Å²) >= 11 is 0. The molecule has 2 heterocycles. The Kier molecular flexibility index (Phi) is 3.94. The molecule has 3 rings (SSSR count). The molecule has 0 saturated carbocycles. The van der Waals surface area contributed by atoms with Crippen molar-refractivity contribution in [2.75, 3.05) is 18.4 Å². The second-order valence-corrected chi connectivity index (χ2v) is 5.67. The molecule has 6 heteroatoms. The number of rotatable bonds is 3. The molecule has 0 radical (unpaired) electrons. The van der Waals surface area contributed by atoms with Crippen LogP contribution in [0.15, 0.2) is 36.7 Å². The lowest BCUT2D eigenvalue weighted by atomic mass is 9.87. The summed E-state index contributed by atoms with van der Waals surface area (Å²) in [7, 11) is 0. The lowest BCUT2D eigenvalue weighted by Crippen LogP contribution is -2.52. The SMILES string of the molecule is Cc1ccc(F)c(NC(=O)C2(n3cccn3)CCNCC2)c1. The maximum Gasteiger partial charge on any atom is 0.252 e. The first-order valence-corrected chi connectivity index (χ1v) is 7.40. The summed E-state index contributed by atoms with van der Waals surface area (Å²) in [6.07, 6.45) is 4.68. The number of aryl methyl sites for hydroxylation is 1. The molecule has 0 aliphatic carbocycles. The second-order valence-electron chi connectivity index (χ2n) is 5.67. The third-order valence-corrected chi connectivity index (χ3v) is 4.17. The number of halogens is 1. The molecule has 1 aromatic heterocycles. The van der Waals surface area contributed by atoms with Crippen LogP contribution in [-0.4, -0.2) is 28.8 Å². The van der Waals surface area contributed by atoms with Crippen molar-refractivity contribution in [3.05, 3.63) is 48.0 Å². The van der Waals surface area contributed by atoms with E-state index in [1.807, 2.05) is 6.92 Å². The normalized spacial score (nSPS) is 17.2. The summed E-state index contributed by atoms with van der Waals surface area (Å²) in [5.74, 6) is -0.648. The van der Waals surface area contributed by atoms with E-state index in [1.165, 1.54) is 6.07 Å². The molecule has 1 aliphatic heterocycles. The van der Waals surface area contributed by atoms with Gasteiger partial charge in [0.05, 0.1) is 5.69 Å². The van der Waals surface area contributed by atoms with Gasteiger partial charge in [-0.25, -0.2) is 4.39 Å². The summed E-state index contributed by atoms with van der Waals surface area (Å²) in [6.45, 7) is 3.32. The topological polar surface area (TPSA) is 59.0 Å². The number of aromatic nitrogens is 2. The average Bonchev–Trinajstić information content (AvgIpc) is 3.06. The number of nitrogens with one attached hydrogen (secondary N) is 2. The van der Waals surface area contributed by atoms with Gasteiger partial charge < -0.3 is 10.6 Å². The number of anilines is 1. The highest BCUT2D eigenvalue weighted by atomic mass is 19.1. The fourth-order valence-electron chi connectivity index (χ4n) is 2.90. The summed E-state index contributed by atoms with van der Waals surface area (Å²) in [4.78, 5) is 12.9. The number of hydrogen-bond acceptors (Lipinski definition) is 3. The van der Waals surface area contributed by atoms with Gasteiger partial charge in [-0.15, -0.1) is 0 Å². The zero-order valence-corrected chi connectivity index (χ0v) is 12.5. The van der Waals surface area contributed by atoms with E-state index in [-0.39, 0.29) is 11.6 Å². The molecule has 0 unspecified atom stereocenters. The van der Waals surface area contributed by atoms with Crippen molar-refractivity contribution >= 4 is 11.6 Å². The molecule has 0 bridgehead atoms. The van der Waals surface area contributed by atoms with Crippen molar-refractivity contribution in [1.82, 2.24) is 15.1 Å². The minimum atomic E-state index is -0.773. The molecule has 5 nitrogen and oxygen atoms in total. The summed E-state index contributed by atoms with van der Waals surface area (Å²) in [5, 5.41) is 10.2. The smallest absolute Gasteiger partial charge is 0.252 e. The standard InChI is InChI=1S/C16H19FN4O/c1-12-3-4-13(17)14(11-12)20-15(22)16(5-8-18-9-6-16)21-10-2-7-19-21/h2-4,7,10-11,18H,5-6,8-9H2,1H3,(H,20,22). The van der Waals surface area contributed by atoms with Gasteiger partial charge in [-0.3, -0.25) is 9.48 Å². The Morgan fingerprint density at radius 1 is 1.41 bits per heavy atom. The number of carbonyl (C=O) groups excluding carboxylic acids is 1. The number of hydrogen-bond donors (Lipinski definition) is 2. The Bertz CT molecular complexity index is 663. The minimum absolute atomic E-state index is 0.218. The molecule has 1 fully saturated rings. The molecule has 1 amide bonds. The first kappa shape index (κ1) is 14.7. The highest BCUT2D eigenvalue weighted by Crippen LogP contribution is 2.29. The van der Waals surface area contributed by atoms with Crippen LogP contribution in [0.2, 0.25) is 0 Å². The molecule has 0 atom stereocenters. The second kappa shape index (κ2) is 5.88. The third kappa shape index (κ3) is 2.62. The molecule has 0 spiro atoms. The molecule has 22 heavy (non-hydrogen) atoms. The number of nitrogens with zero attached hydrogens (tertiary/aromatic N) is 2. The van der Waals surface area contributed by atoms with Gasteiger partial charge in [0.15, 0.2) is 0 Å². The van der Waals surface area contributed by atoms with Gasteiger partial charge in [-0.1, -0.05) is 6.07 Å². The Labute approximate surface area is 128 Å². The molecule has 1 saturated heterocycles. The van der Waals surface area contributed by atoms with Gasteiger partial charge in [-0.2, -0.15) is 5.10 Å². The lowest BCUT2D eigenvalue weighted by Gasteiger charge is -2.36. The molecule has 1 aliphatic rings. The Morgan fingerprint density at radius 2 is 2.18 bits per heavy atom. The van der Waals surface area contributed by atoms with Crippen molar-refractivity contribution in [3.8, 4) is 0 Å². The third-order valence-electron chi connectivity index (χ3n) is 4.17. The lowest BCUT2D eigenvalue weighted by molar-refractivity contribution is -0.126. The molecular formula is C16H19FN4O. The predicted molar refractivity (Wildman–Crippen MR) is 82.1 cm³/mol. The summed E-state index contributed by atoms with van der Waals surface area (Å²) in [6, 6.07) is 6.49. The number of carbonyl (C=O) groups is 1. The van der Waals surface area contributed by atoms with Gasteiger partial charge in [0.2, 0.25) is 0 Å². The van der Waals surface area contributed by atoms with Crippen molar-refractivity contribution < 1.29 is 9.18 Å². The van der Waals surface area contributed by atoms with E-state index in [2.05, 4.69) is 15.7 Å². The predicted octanol–water partition coefficient (Wildman–Crippen LogP) is 2.05. The van der Waals surface area contributed by atoms with Crippen LogP contribution in [0.4, 0.5) is 10.1 Å². The Balaban J connectivity index is 1.91. The van der Waals surface area contributed by atoms with Gasteiger partial charge in [-0.05, 0) is 56.6 Å². The van der Waals surface area contributed by atoms with Crippen molar-refractivity contribution in [1.29, 1.82) is 0 Å². The monoisotopic (exact) mass is 302 g/mol. The molecular weight excluding hydrogens is 283 g/mol. The Hall–Kier alpha value is -2.21. The van der Waals surface area contributed by atoms with Crippen LogP contribution in [0.1, 0.15) is 18.4 Å². The van der Waals surface area contributed by atoms with Crippen LogP contribution >= 0.6 is 0 Å². The molecule has 2 aromatic rings. The van der Waals surface area contributed by atoms with Crippen LogP contribution in [0.25, 0.3) is 0 Å². The number of benzene rings is 1. The van der Waals surface area contributed by atoms with Crippen molar-refractivity contribution in [2.24, 2.45) is 0 Å². The first-order chi connectivity index (χ1) is 10.6. The van der Waals surface area contributed by atoms with E-state index in [4.69, 9.17) is 0 Å². The van der Waals surface area contributed by atoms with Gasteiger partial charge in [0.1, 0.15) is 11.4 Å². The van der Waals surface area contributed by atoms with Crippen molar-refractivity contribution in [2.45, 2.75) is 25.3 Å². The minimum Gasteiger partial charge on any atom is -0.321 e. The van der Waals surface area contributed by atoms with Crippen LogP contribution in [0.3, 0.4) is 0 Å². The van der Waals surface area contributed by atoms with Gasteiger partial charge in [0, 0.05) is 12.4 Å². The fourth-order valence-corrected chi connectivity index (χ4v) is 2.90. The van der Waals surface area contributed by atoms with Crippen LogP contribution in [-0.2, 0) is 10.3 Å². The van der Waals surface area contributed by atoms with E-state index in [0.29, 0.717) is 12.8 Å². The van der Waals surface area contributed by atoms with E-state index in [1.54, 1.807) is 35.3 Å². The van der Waals surface area contributed by atoms with E-state index >= 15 is 0 Å². The number of piperidine rings is 1. The summed E-state index contributed by atoms with van der Waals surface area (Å²) < 4.78 is 15.6. The van der Waals surface area contributed by atoms with Crippen molar-refractivity contribution in [3.63, 3.8) is 0 Å². The number of amides is 1. The van der Waals surface area contributed by atoms with Gasteiger partial charge >= 0.3 is 0 Å². The zero-order chi connectivity index (χ0) is 15.6. The summed E-state index contributed by atoms with van der Waals surface area (Å²) in [5.41, 5.74) is 0.343. The quantitative estimate of drug-likeness (QED) is 0.912. The maximum atomic E-state index is 13.9. The van der Waals surface area contributed by atoms with Gasteiger partial charge in [0.25, 0.3) is 5.91 Å². The Morgan fingerprint density at radius 3 is 2.86 bits per heavy atom. The highest BCUT2D eigenvalue weighted by molar-refractivity contribution is 5.97.